The van der Waals surface area contributed by atoms with Gasteiger partial charge in [-0.2, -0.15) is 0 Å². The molecule has 0 saturated carbocycles. The van der Waals surface area contributed by atoms with Gasteiger partial charge in [-0.15, -0.1) is 0 Å². The van der Waals surface area contributed by atoms with Crippen LogP contribution >= 0.6 is 0 Å². The predicted octanol–water partition coefficient (Wildman–Crippen LogP) is 4.59. The summed E-state index contributed by atoms with van der Waals surface area (Å²) in [6.07, 6.45) is 5.81. The zero-order valence-electron chi connectivity index (χ0n) is 17.5. The van der Waals surface area contributed by atoms with E-state index in [0.717, 1.165) is 40.1 Å². The fourth-order valence-corrected chi connectivity index (χ4v) is 4.13. The molecule has 0 spiro atoms. The number of aromatic amines is 1. The predicted molar refractivity (Wildman–Crippen MR) is 122 cm³/mol. The molecule has 4 aromatic rings. The van der Waals surface area contributed by atoms with Crippen molar-refractivity contribution in [2.24, 2.45) is 0 Å². The van der Waals surface area contributed by atoms with Crippen LogP contribution in [-0.4, -0.2) is 28.5 Å². The van der Waals surface area contributed by atoms with Crippen molar-refractivity contribution >= 4 is 16.8 Å². The lowest BCUT2D eigenvalue weighted by molar-refractivity contribution is -0.121. The average Bonchev–Trinajstić information content (AvgIpc) is 3.40. The van der Waals surface area contributed by atoms with Gasteiger partial charge in [-0.3, -0.25) is 9.78 Å². The van der Waals surface area contributed by atoms with E-state index in [9.17, 15) is 4.79 Å². The number of carbonyl (C=O) groups excluding carboxylic acids is 1. The quantitative estimate of drug-likeness (QED) is 0.488. The number of benzene rings is 2. The molecule has 5 rings (SSSR count). The van der Waals surface area contributed by atoms with Crippen molar-refractivity contribution in [1.29, 1.82) is 0 Å². The van der Waals surface area contributed by atoms with Crippen LogP contribution in [0.25, 0.3) is 22.2 Å². The molecule has 2 aromatic carbocycles. The number of fused-ring (bicyclic) bond motifs is 2. The number of aryl methyl sites for hydroxylation is 2. The van der Waals surface area contributed by atoms with Gasteiger partial charge in [-0.25, -0.2) is 0 Å². The van der Waals surface area contributed by atoms with Gasteiger partial charge in [-0.05, 0) is 60.4 Å². The molecule has 2 aromatic heterocycles. The number of hydrogen-bond donors (Lipinski definition) is 2. The number of pyridine rings is 1. The highest BCUT2D eigenvalue weighted by atomic mass is 16.5. The number of para-hydroxylation sites is 1. The van der Waals surface area contributed by atoms with Crippen LogP contribution in [0.5, 0.6) is 5.75 Å². The summed E-state index contributed by atoms with van der Waals surface area (Å²) in [5.41, 5.74) is 6.64. The summed E-state index contributed by atoms with van der Waals surface area (Å²) in [6, 6.07) is 18.5. The molecule has 0 bridgehead atoms. The van der Waals surface area contributed by atoms with E-state index in [1.54, 1.807) is 0 Å². The van der Waals surface area contributed by atoms with Crippen LogP contribution < -0.4 is 10.1 Å². The van der Waals surface area contributed by atoms with Crippen molar-refractivity contribution in [2.45, 2.75) is 32.3 Å². The maximum atomic E-state index is 12.4. The van der Waals surface area contributed by atoms with Gasteiger partial charge >= 0.3 is 0 Å². The Balaban J connectivity index is 1.15. The average molecular weight is 412 g/mol. The Labute approximate surface area is 181 Å². The summed E-state index contributed by atoms with van der Waals surface area (Å²) in [6.45, 7) is 2.55. The van der Waals surface area contributed by atoms with Crippen molar-refractivity contribution in [1.82, 2.24) is 15.3 Å². The molecule has 1 amide bonds. The molecule has 1 unspecified atom stereocenters. The minimum atomic E-state index is -0.0340. The Kier molecular flexibility index (Phi) is 5.16. The maximum Gasteiger partial charge on any atom is 0.220 e. The normalized spacial score (nSPS) is 14.9. The van der Waals surface area contributed by atoms with Crippen molar-refractivity contribution in [3.8, 4) is 17.0 Å². The summed E-state index contributed by atoms with van der Waals surface area (Å²) in [5, 5.41) is 4.22. The second-order valence-corrected chi connectivity index (χ2v) is 8.15. The van der Waals surface area contributed by atoms with Gasteiger partial charge in [0.25, 0.3) is 0 Å². The molecule has 156 valence electrons. The van der Waals surface area contributed by atoms with E-state index in [2.05, 4.69) is 33.5 Å². The zero-order valence-corrected chi connectivity index (χ0v) is 17.5. The molecule has 0 aliphatic carbocycles. The second-order valence-electron chi connectivity index (χ2n) is 8.15. The first-order valence-corrected chi connectivity index (χ1v) is 10.7. The van der Waals surface area contributed by atoms with E-state index in [1.807, 2.05) is 55.7 Å². The van der Waals surface area contributed by atoms with Crippen LogP contribution in [0.2, 0.25) is 0 Å². The highest BCUT2D eigenvalue weighted by Gasteiger charge is 2.24. The molecular weight excluding hydrogens is 386 g/mol. The van der Waals surface area contributed by atoms with Crippen molar-refractivity contribution < 1.29 is 9.53 Å². The molecule has 1 aliphatic heterocycles. The minimum absolute atomic E-state index is 0.0340. The van der Waals surface area contributed by atoms with Gasteiger partial charge < -0.3 is 15.0 Å². The first kappa shape index (κ1) is 19.4. The smallest absolute Gasteiger partial charge is 0.220 e. The molecule has 1 aliphatic rings. The SMILES string of the molecule is Cc1ccc(-c2ccc3c(c2)CC(CNC(=O)CCc2c[nH]c4ccccc24)O3)nc1. The first-order chi connectivity index (χ1) is 15.2. The van der Waals surface area contributed by atoms with Gasteiger partial charge in [0.05, 0.1) is 12.2 Å². The number of hydrogen-bond acceptors (Lipinski definition) is 3. The molecule has 1 atom stereocenters. The van der Waals surface area contributed by atoms with Gasteiger partial charge in [0, 0.05) is 41.7 Å². The summed E-state index contributed by atoms with van der Waals surface area (Å²) in [4.78, 5) is 20.2. The molecule has 0 radical (unpaired) electrons. The van der Waals surface area contributed by atoms with E-state index in [0.29, 0.717) is 19.4 Å². The summed E-state index contributed by atoms with van der Waals surface area (Å²) < 4.78 is 6.04. The Bertz CT molecular complexity index is 1230. The largest absolute Gasteiger partial charge is 0.488 e. The van der Waals surface area contributed by atoms with Gasteiger partial charge in [0.2, 0.25) is 5.91 Å². The number of carbonyl (C=O) groups is 1. The number of nitrogens with one attached hydrogen (secondary N) is 2. The Hall–Kier alpha value is -3.60. The first-order valence-electron chi connectivity index (χ1n) is 10.7. The molecule has 0 saturated heterocycles. The lowest BCUT2D eigenvalue weighted by Gasteiger charge is -2.12. The zero-order chi connectivity index (χ0) is 21.2. The van der Waals surface area contributed by atoms with E-state index in [1.165, 1.54) is 10.9 Å². The van der Waals surface area contributed by atoms with E-state index >= 15 is 0 Å². The third kappa shape index (κ3) is 4.17. The van der Waals surface area contributed by atoms with Crippen LogP contribution in [0.15, 0.2) is 67.0 Å². The van der Waals surface area contributed by atoms with Gasteiger partial charge in [0.1, 0.15) is 11.9 Å². The third-order valence-electron chi connectivity index (χ3n) is 5.83. The Morgan fingerprint density at radius 1 is 1.19 bits per heavy atom. The van der Waals surface area contributed by atoms with Crippen molar-refractivity contribution in [3.63, 3.8) is 0 Å². The summed E-state index contributed by atoms with van der Waals surface area (Å²) in [7, 11) is 0. The Morgan fingerprint density at radius 3 is 2.97 bits per heavy atom. The fraction of sp³-hybridized carbons (Fsp3) is 0.231. The third-order valence-corrected chi connectivity index (χ3v) is 5.83. The number of amides is 1. The molecule has 2 N–H and O–H groups in total. The van der Waals surface area contributed by atoms with Crippen LogP contribution in [0.3, 0.4) is 0 Å². The molecule has 3 heterocycles. The lowest BCUT2D eigenvalue weighted by atomic mass is 10.0. The number of rotatable bonds is 6. The van der Waals surface area contributed by atoms with Crippen molar-refractivity contribution in [3.05, 3.63) is 83.7 Å². The van der Waals surface area contributed by atoms with E-state index in [4.69, 9.17) is 4.74 Å². The monoisotopic (exact) mass is 411 g/mol. The molecule has 31 heavy (non-hydrogen) atoms. The van der Waals surface area contributed by atoms with Crippen molar-refractivity contribution in [2.75, 3.05) is 6.54 Å². The highest BCUT2D eigenvalue weighted by Crippen LogP contribution is 2.32. The number of ether oxygens (including phenoxy) is 1. The molecule has 5 heteroatoms. The summed E-state index contributed by atoms with van der Waals surface area (Å²) in [5.74, 6) is 0.947. The lowest BCUT2D eigenvalue weighted by Crippen LogP contribution is -2.34. The van der Waals surface area contributed by atoms with E-state index in [-0.39, 0.29) is 12.0 Å². The topological polar surface area (TPSA) is 67.0 Å². The Morgan fingerprint density at radius 2 is 2.10 bits per heavy atom. The number of nitrogens with zero attached hydrogens (tertiary/aromatic N) is 1. The molecule has 5 nitrogen and oxygen atoms in total. The molecule has 0 fully saturated rings. The maximum absolute atomic E-state index is 12.4. The number of aromatic nitrogens is 2. The minimum Gasteiger partial charge on any atom is -0.488 e. The highest BCUT2D eigenvalue weighted by molar-refractivity contribution is 5.84. The van der Waals surface area contributed by atoms with Crippen LogP contribution in [0.4, 0.5) is 0 Å². The second kappa shape index (κ2) is 8.26. The standard InChI is InChI=1S/C26H25N3O2/c1-17-6-9-23(27-14-17)18-7-10-25-20(12-18)13-21(31-25)16-29-26(30)11-8-19-15-28-24-5-3-2-4-22(19)24/h2-7,9-10,12,14-15,21,28H,8,11,13,16H2,1H3,(H,29,30). The van der Waals surface area contributed by atoms with E-state index < -0.39 is 0 Å². The van der Waals surface area contributed by atoms with Crippen LogP contribution in [-0.2, 0) is 17.6 Å². The fourth-order valence-electron chi connectivity index (χ4n) is 4.13. The van der Waals surface area contributed by atoms with Crippen LogP contribution in [0, 0.1) is 6.92 Å². The van der Waals surface area contributed by atoms with Crippen LogP contribution in [0.1, 0.15) is 23.1 Å². The number of H-pyrrole nitrogens is 1. The van der Waals surface area contributed by atoms with Gasteiger partial charge in [0.15, 0.2) is 0 Å². The van der Waals surface area contributed by atoms with Gasteiger partial charge in [-0.1, -0.05) is 24.3 Å². The summed E-state index contributed by atoms with van der Waals surface area (Å²) >= 11 is 0. The molecular formula is C26H25N3O2.